The summed E-state index contributed by atoms with van der Waals surface area (Å²) in [6, 6.07) is 13.6. The van der Waals surface area contributed by atoms with Crippen molar-refractivity contribution < 1.29 is 18.7 Å². The molecule has 0 saturated carbocycles. The summed E-state index contributed by atoms with van der Waals surface area (Å²) in [5.74, 6) is 0.295. The van der Waals surface area contributed by atoms with Gasteiger partial charge in [0.25, 0.3) is 5.91 Å². The molecule has 1 aliphatic heterocycles. The van der Waals surface area contributed by atoms with E-state index >= 15 is 0 Å². The van der Waals surface area contributed by atoms with Crippen LogP contribution in [0.2, 0.25) is 0 Å². The quantitative estimate of drug-likeness (QED) is 0.567. The molecule has 1 N–H and O–H groups in total. The van der Waals surface area contributed by atoms with Crippen molar-refractivity contribution in [3.63, 3.8) is 0 Å². The molecule has 0 spiro atoms. The van der Waals surface area contributed by atoms with E-state index in [0.29, 0.717) is 43.1 Å². The van der Waals surface area contributed by atoms with E-state index in [9.17, 15) is 9.18 Å². The fourth-order valence-electron chi connectivity index (χ4n) is 3.93. The Bertz CT molecular complexity index is 1030. The molecule has 1 atom stereocenters. The van der Waals surface area contributed by atoms with Crippen molar-refractivity contribution in [1.29, 1.82) is 0 Å². The van der Waals surface area contributed by atoms with E-state index in [2.05, 4.69) is 10.2 Å². The zero-order valence-electron chi connectivity index (χ0n) is 17.0. The third kappa shape index (κ3) is 3.68. The molecule has 30 heavy (non-hydrogen) atoms. The molecule has 3 aromatic rings. The lowest BCUT2D eigenvalue weighted by Gasteiger charge is -2.26. The lowest BCUT2D eigenvalue weighted by molar-refractivity contribution is 0.0723. The molecule has 0 radical (unpaired) electrons. The van der Waals surface area contributed by atoms with Crippen LogP contribution in [0.3, 0.4) is 0 Å². The van der Waals surface area contributed by atoms with E-state index in [0.717, 1.165) is 16.9 Å². The van der Waals surface area contributed by atoms with Crippen LogP contribution in [0.25, 0.3) is 11.3 Å². The van der Waals surface area contributed by atoms with Gasteiger partial charge in [-0.15, -0.1) is 0 Å². The number of aromatic amines is 1. The Labute approximate surface area is 174 Å². The molecule has 1 unspecified atom stereocenters. The van der Waals surface area contributed by atoms with Gasteiger partial charge in [0.15, 0.2) is 0 Å². The van der Waals surface area contributed by atoms with E-state index in [1.54, 1.807) is 18.1 Å². The number of fused-ring (bicyclic) bond motifs is 1. The Morgan fingerprint density at radius 3 is 2.70 bits per heavy atom. The molecule has 156 valence electrons. The minimum absolute atomic E-state index is 0.139. The molecule has 7 heteroatoms. The zero-order valence-corrected chi connectivity index (χ0v) is 17.0. The number of ether oxygens (including phenoxy) is 2. The van der Waals surface area contributed by atoms with Gasteiger partial charge in [0, 0.05) is 31.4 Å². The molecule has 1 aliphatic rings. The molecule has 1 aromatic heterocycles. The third-order valence-corrected chi connectivity index (χ3v) is 5.21. The molecule has 0 aliphatic carbocycles. The number of methoxy groups -OCH3 is 1. The van der Waals surface area contributed by atoms with Crippen LogP contribution in [0, 0.1) is 5.82 Å². The number of halogens is 1. The van der Waals surface area contributed by atoms with Crippen LogP contribution in [-0.4, -0.2) is 47.9 Å². The number of nitrogens with one attached hydrogen (secondary N) is 1. The van der Waals surface area contributed by atoms with Crippen LogP contribution in [0.1, 0.15) is 41.0 Å². The maximum Gasteiger partial charge on any atom is 0.273 e. The fraction of sp³-hybridized carbons (Fsp3) is 0.304. The van der Waals surface area contributed by atoms with Crippen LogP contribution in [0.15, 0.2) is 48.5 Å². The van der Waals surface area contributed by atoms with E-state index in [1.165, 1.54) is 12.1 Å². The first-order chi connectivity index (χ1) is 14.6. The van der Waals surface area contributed by atoms with Gasteiger partial charge in [-0.1, -0.05) is 12.1 Å². The van der Waals surface area contributed by atoms with E-state index in [1.807, 2.05) is 37.3 Å². The van der Waals surface area contributed by atoms with Crippen LogP contribution >= 0.6 is 0 Å². The smallest absolute Gasteiger partial charge is 0.273 e. The van der Waals surface area contributed by atoms with Gasteiger partial charge in [0.05, 0.1) is 18.3 Å². The van der Waals surface area contributed by atoms with Gasteiger partial charge in [-0.05, 0) is 55.3 Å². The highest BCUT2D eigenvalue weighted by molar-refractivity contribution is 6.00. The first-order valence-corrected chi connectivity index (χ1v) is 10.0. The number of benzene rings is 2. The number of amides is 1. The Kier molecular flexibility index (Phi) is 5.81. The molecule has 1 amide bonds. The van der Waals surface area contributed by atoms with Gasteiger partial charge < -0.3 is 14.4 Å². The molecule has 0 fully saturated rings. The highest BCUT2D eigenvalue weighted by Crippen LogP contribution is 2.43. The second-order valence-corrected chi connectivity index (χ2v) is 7.12. The summed E-state index contributed by atoms with van der Waals surface area (Å²) >= 11 is 0. The van der Waals surface area contributed by atoms with Crippen LogP contribution in [-0.2, 0) is 4.74 Å². The van der Waals surface area contributed by atoms with E-state index < -0.39 is 6.04 Å². The van der Waals surface area contributed by atoms with Crippen molar-refractivity contribution in [2.45, 2.75) is 19.4 Å². The lowest BCUT2D eigenvalue weighted by Crippen LogP contribution is -2.31. The average molecular weight is 409 g/mol. The summed E-state index contributed by atoms with van der Waals surface area (Å²) in [6.45, 7) is 3.56. The predicted octanol–water partition coefficient (Wildman–Crippen LogP) is 4.20. The van der Waals surface area contributed by atoms with Gasteiger partial charge in [0.1, 0.15) is 17.3 Å². The first-order valence-electron chi connectivity index (χ1n) is 10.0. The van der Waals surface area contributed by atoms with E-state index in [-0.39, 0.29) is 11.7 Å². The average Bonchev–Trinajstić information content (AvgIpc) is 3.28. The molecule has 0 bridgehead atoms. The normalized spacial score (nSPS) is 15.5. The molecule has 4 rings (SSSR count). The Balaban J connectivity index is 1.77. The molecule has 6 nitrogen and oxygen atoms in total. The van der Waals surface area contributed by atoms with Gasteiger partial charge in [-0.25, -0.2) is 4.39 Å². The van der Waals surface area contributed by atoms with Crippen molar-refractivity contribution in [3.05, 3.63) is 71.2 Å². The number of carbonyl (C=O) groups is 1. The lowest BCUT2D eigenvalue weighted by atomic mass is 9.96. The molecule has 2 aromatic carbocycles. The number of rotatable bonds is 8. The number of carbonyl (C=O) groups excluding carboxylic acids is 1. The minimum Gasteiger partial charge on any atom is -0.494 e. The van der Waals surface area contributed by atoms with Gasteiger partial charge in [-0.2, -0.15) is 5.10 Å². The Hall–Kier alpha value is -3.19. The highest BCUT2D eigenvalue weighted by Gasteiger charge is 2.41. The van der Waals surface area contributed by atoms with Crippen molar-refractivity contribution in [3.8, 4) is 17.0 Å². The summed E-state index contributed by atoms with van der Waals surface area (Å²) in [4.78, 5) is 14.9. The highest BCUT2D eigenvalue weighted by atomic mass is 19.1. The van der Waals surface area contributed by atoms with Crippen molar-refractivity contribution in [2.24, 2.45) is 0 Å². The first kappa shape index (κ1) is 20.1. The standard InChI is InChI=1S/C23H24FN3O3/c1-3-30-18-10-8-15(9-11-18)20-19-21(26-25-20)23(28)27(12-5-13-29-2)22(19)16-6-4-7-17(24)14-16/h4,6-11,14,22H,3,5,12-13H2,1-2H3,(H,25,26). The van der Waals surface area contributed by atoms with Crippen LogP contribution < -0.4 is 4.74 Å². The maximum atomic E-state index is 14.0. The van der Waals surface area contributed by atoms with E-state index in [4.69, 9.17) is 9.47 Å². The van der Waals surface area contributed by atoms with Crippen molar-refractivity contribution in [1.82, 2.24) is 15.1 Å². The predicted molar refractivity (Wildman–Crippen MR) is 111 cm³/mol. The number of hydrogen-bond acceptors (Lipinski definition) is 4. The summed E-state index contributed by atoms with van der Waals surface area (Å²) in [5, 5.41) is 7.34. The number of hydrogen-bond donors (Lipinski definition) is 1. The Morgan fingerprint density at radius 2 is 2.00 bits per heavy atom. The molecule has 2 heterocycles. The summed E-state index contributed by atoms with van der Waals surface area (Å²) in [7, 11) is 1.63. The topological polar surface area (TPSA) is 67.4 Å². The minimum atomic E-state index is -0.416. The van der Waals surface area contributed by atoms with Crippen molar-refractivity contribution in [2.75, 3.05) is 26.9 Å². The summed E-state index contributed by atoms with van der Waals surface area (Å²) < 4.78 is 24.7. The second kappa shape index (κ2) is 8.67. The molecular weight excluding hydrogens is 385 g/mol. The third-order valence-electron chi connectivity index (χ3n) is 5.21. The van der Waals surface area contributed by atoms with Crippen LogP contribution in [0.5, 0.6) is 5.75 Å². The maximum absolute atomic E-state index is 14.0. The van der Waals surface area contributed by atoms with Crippen molar-refractivity contribution >= 4 is 5.91 Å². The van der Waals surface area contributed by atoms with Gasteiger partial charge in [-0.3, -0.25) is 9.89 Å². The van der Waals surface area contributed by atoms with Gasteiger partial charge in [0.2, 0.25) is 0 Å². The zero-order chi connectivity index (χ0) is 21.1. The van der Waals surface area contributed by atoms with Gasteiger partial charge >= 0.3 is 0 Å². The number of aromatic nitrogens is 2. The second-order valence-electron chi connectivity index (χ2n) is 7.12. The number of nitrogens with zero attached hydrogens (tertiary/aromatic N) is 2. The molecular formula is C23H24FN3O3. The Morgan fingerprint density at radius 1 is 1.20 bits per heavy atom. The van der Waals surface area contributed by atoms with Crippen LogP contribution in [0.4, 0.5) is 4.39 Å². The molecule has 0 saturated heterocycles. The fourth-order valence-corrected chi connectivity index (χ4v) is 3.93. The number of H-pyrrole nitrogens is 1. The SMILES string of the molecule is CCOc1ccc(-c2n[nH]c3c2C(c2cccc(F)c2)N(CCCOC)C3=O)cc1. The monoisotopic (exact) mass is 409 g/mol. The summed E-state index contributed by atoms with van der Waals surface area (Å²) in [6.07, 6.45) is 0.685. The largest absolute Gasteiger partial charge is 0.494 e. The summed E-state index contributed by atoms with van der Waals surface area (Å²) in [5.41, 5.74) is 3.49.